The lowest BCUT2D eigenvalue weighted by Crippen LogP contribution is -2.41. The summed E-state index contributed by atoms with van der Waals surface area (Å²) in [7, 11) is 0. The summed E-state index contributed by atoms with van der Waals surface area (Å²) in [5.74, 6) is 0.206. The SMILES string of the molecule is O=C1CCC(N2Cc3ccccc3C2)C(=O)C1. The van der Waals surface area contributed by atoms with Gasteiger partial charge in [-0.25, -0.2) is 0 Å². The van der Waals surface area contributed by atoms with Crippen LogP contribution in [0.15, 0.2) is 24.3 Å². The van der Waals surface area contributed by atoms with Crippen LogP contribution in [-0.4, -0.2) is 22.5 Å². The van der Waals surface area contributed by atoms with Gasteiger partial charge in [0.05, 0.1) is 12.5 Å². The largest absolute Gasteiger partial charge is 0.299 e. The van der Waals surface area contributed by atoms with Gasteiger partial charge in [0.25, 0.3) is 0 Å². The summed E-state index contributed by atoms with van der Waals surface area (Å²) in [6, 6.07) is 8.27. The first kappa shape index (κ1) is 10.7. The van der Waals surface area contributed by atoms with Gasteiger partial charge in [0.1, 0.15) is 5.78 Å². The monoisotopic (exact) mass is 229 g/mol. The van der Waals surface area contributed by atoms with E-state index in [0.29, 0.717) is 12.8 Å². The van der Waals surface area contributed by atoms with Crippen molar-refractivity contribution in [2.45, 2.75) is 38.4 Å². The van der Waals surface area contributed by atoms with E-state index in [9.17, 15) is 9.59 Å². The van der Waals surface area contributed by atoms with Crippen molar-refractivity contribution < 1.29 is 9.59 Å². The molecule has 0 aromatic heterocycles. The van der Waals surface area contributed by atoms with Crippen molar-refractivity contribution in [3.63, 3.8) is 0 Å². The fourth-order valence-corrected chi connectivity index (χ4v) is 2.83. The molecule has 0 saturated heterocycles. The van der Waals surface area contributed by atoms with E-state index in [2.05, 4.69) is 17.0 Å². The Labute approximate surface area is 100 Å². The molecule has 0 bridgehead atoms. The number of carbonyl (C=O) groups is 2. The zero-order chi connectivity index (χ0) is 11.8. The number of hydrogen-bond donors (Lipinski definition) is 0. The fourth-order valence-electron chi connectivity index (χ4n) is 2.83. The molecule has 1 atom stereocenters. The van der Waals surface area contributed by atoms with Gasteiger partial charge in [-0.3, -0.25) is 14.5 Å². The standard InChI is InChI=1S/C14H15NO2/c16-12-5-6-13(14(17)7-12)15-8-10-3-1-2-4-11(10)9-15/h1-4,13H,5-9H2. The maximum absolute atomic E-state index is 11.9. The Bertz CT molecular complexity index is 456. The van der Waals surface area contributed by atoms with Crippen LogP contribution in [-0.2, 0) is 22.7 Å². The molecule has 3 heteroatoms. The Morgan fingerprint density at radius 3 is 2.29 bits per heavy atom. The Hall–Kier alpha value is -1.48. The molecule has 1 saturated carbocycles. The van der Waals surface area contributed by atoms with Crippen molar-refractivity contribution in [3.8, 4) is 0 Å². The normalized spacial score (nSPS) is 25.1. The third-order valence-electron chi connectivity index (χ3n) is 3.75. The summed E-state index contributed by atoms with van der Waals surface area (Å²) >= 11 is 0. The van der Waals surface area contributed by atoms with E-state index < -0.39 is 0 Å². The lowest BCUT2D eigenvalue weighted by Gasteiger charge is -2.28. The fraction of sp³-hybridized carbons (Fsp3) is 0.429. The topological polar surface area (TPSA) is 37.4 Å². The zero-order valence-electron chi connectivity index (χ0n) is 9.69. The molecule has 1 aromatic rings. The van der Waals surface area contributed by atoms with Crippen LogP contribution in [0.3, 0.4) is 0 Å². The van der Waals surface area contributed by atoms with Gasteiger partial charge < -0.3 is 0 Å². The first-order chi connectivity index (χ1) is 8.24. The van der Waals surface area contributed by atoms with Gasteiger partial charge in [-0.1, -0.05) is 24.3 Å². The summed E-state index contributed by atoms with van der Waals surface area (Å²) in [5, 5.41) is 0. The predicted molar refractivity (Wildman–Crippen MR) is 63.3 cm³/mol. The van der Waals surface area contributed by atoms with E-state index in [0.717, 1.165) is 13.1 Å². The molecule has 1 aromatic carbocycles. The van der Waals surface area contributed by atoms with E-state index in [-0.39, 0.29) is 24.0 Å². The third-order valence-corrected chi connectivity index (χ3v) is 3.75. The van der Waals surface area contributed by atoms with E-state index >= 15 is 0 Å². The van der Waals surface area contributed by atoms with Crippen LogP contribution < -0.4 is 0 Å². The minimum atomic E-state index is -0.0416. The molecule has 0 N–H and O–H groups in total. The number of fused-ring (bicyclic) bond motifs is 1. The van der Waals surface area contributed by atoms with Gasteiger partial charge in [0.2, 0.25) is 0 Å². The van der Waals surface area contributed by atoms with Crippen molar-refractivity contribution in [1.29, 1.82) is 0 Å². The van der Waals surface area contributed by atoms with Crippen molar-refractivity contribution >= 4 is 11.6 Å². The number of nitrogens with zero attached hydrogens (tertiary/aromatic N) is 1. The van der Waals surface area contributed by atoms with Gasteiger partial charge in [0.15, 0.2) is 5.78 Å². The summed E-state index contributed by atoms with van der Waals surface area (Å²) < 4.78 is 0. The van der Waals surface area contributed by atoms with Crippen LogP contribution in [0.1, 0.15) is 30.4 Å². The van der Waals surface area contributed by atoms with Gasteiger partial charge in [-0.15, -0.1) is 0 Å². The highest BCUT2D eigenvalue weighted by atomic mass is 16.2. The van der Waals surface area contributed by atoms with Gasteiger partial charge in [-0.2, -0.15) is 0 Å². The van der Waals surface area contributed by atoms with Crippen LogP contribution >= 0.6 is 0 Å². The van der Waals surface area contributed by atoms with Crippen LogP contribution in [0.4, 0.5) is 0 Å². The average Bonchev–Trinajstić information content (AvgIpc) is 2.72. The Kier molecular flexibility index (Phi) is 2.56. The minimum absolute atomic E-state index is 0.0416. The molecule has 2 aliphatic rings. The Balaban J connectivity index is 1.76. The molecular formula is C14H15NO2. The van der Waals surface area contributed by atoms with Crippen LogP contribution in [0.25, 0.3) is 0 Å². The molecule has 3 nitrogen and oxygen atoms in total. The predicted octanol–water partition coefficient (Wildman–Crippen LogP) is 1.69. The number of rotatable bonds is 1. The van der Waals surface area contributed by atoms with Crippen molar-refractivity contribution in [2.75, 3.05) is 0 Å². The third kappa shape index (κ3) is 1.91. The van der Waals surface area contributed by atoms with Gasteiger partial charge in [-0.05, 0) is 17.5 Å². The van der Waals surface area contributed by atoms with Crippen LogP contribution in [0.5, 0.6) is 0 Å². The summed E-state index contributed by atoms with van der Waals surface area (Å²) in [5.41, 5.74) is 2.63. The lowest BCUT2D eigenvalue weighted by atomic mass is 9.92. The number of benzene rings is 1. The molecular weight excluding hydrogens is 214 g/mol. The molecule has 1 unspecified atom stereocenters. The van der Waals surface area contributed by atoms with Crippen molar-refractivity contribution in [1.82, 2.24) is 4.90 Å². The highest BCUT2D eigenvalue weighted by Gasteiger charge is 2.34. The zero-order valence-corrected chi connectivity index (χ0v) is 9.69. The molecule has 1 aliphatic heterocycles. The molecule has 0 amide bonds. The Morgan fingerprint density at radius 2 is 1.71 bits per heavy atom. The smallest absolute Gasteiger partial charge is 0.157 e. The second-order valence-electron chi connectivity index (χ2n) is 4.91. The first-order valence-electron chi connectivity index (χ1n) is 6.09. The summed E-state index contributed by atoms with van der Waals surface area (Å²) in [4.78, 5) is 25.3. The lowest BCUT2D eigenvalue weighted by molar-refractivity contribution is -0.134. The first-order valence-corrected chi connectivity index (χ1v) is 6.09. The summed E-state index contributed by atoms with van der Waals surface area (Å²) in [6.07, 6.45) is 1.40. The number of carbonyl (C=O) groups excluding carboxylic acids is 2. The molecule has 0 spiro atoms. The molecule has 1 aliphatic carbocycles. The molecule has 17 heavy (non-hydrogen) atoms. The second-order valence-corrected chi connectivity index (χ2v) is 4.91. The number of hydrogen-bond acceptors (Lipinski definition) is 3. The van der Waals surface area contributed by atoms with Crippen molar-refractivity contribution in [3.05, 3.63) is 35.4 Å². The highest BCUT2D eigenvalue weighted by molar-refractivity contribution is 6.03. The average molecular weight is 229 g/mol. The molecule has 1 heterocycles. The molecule has 1 fully saturated rings. The molecule has 3 rings (SSSR count). The highest BCUT2D eigenvalue weighted by Crippen LogP contribution is 2.28. The van der Waals surface area contributed by atoms with Gasteiger partial charge >= 0.3 is 0 Å². The number of Topliss-reactive ketones (excluding diaryl/α,β-unsaturated/α-hetero) is 2. The van der Waals surface area contributed by atoms with Crippen LogP contribution in [0.2, 0.25) is 0 Å². The maximum Gasteiger partial charge on any atom is 0.157 e. The summed E-state index contributed by atoms with van der Waals surface area (Å²) in [6.45, 7) is 1.70. The van der Waals surface area contributed by atoms with Gasteiger partial charge in [0, 0.05) is 19.5 Å². The quantitative estimate of drug-likeness (QED) is 0.688. The minimum Gasteiger partial charge on any atom is -0.299 e. The second kappa shape index (κ2) is 4.08. The molecule has 0 radical (unpaired) electrons. The van der Waals surface area contributed by atoms with Crippen LogP contribution in [0, 0.1) is 0 Å². The van der Waals surface area contributed by atoms with E-state index in [4.69, 9.17) is 0 Å². The Morgan fingerprint density at radius 1 is 1.06 bits per heavy atom. The number of ketones is 2. The van der Waals surface area contributed by atoms with E-state index in [1.807, 2.05) is 12.1 Å². The van der Waals surface area contributed by atoms with Crippen molar-refractivity contribution in [2.24, 2.45) is 0 Å². The van der Waals surface area contributed by atoms with E-state index in [1.165, 1.54) is 11.1 Å². The maximum atomic E-state index is 11.9. The van der Waals surface area contributed by atoms with E-state index in [1.54, 1.807) is 0 Å². The molecule has 88 valence electrons.